The normalized spacial score (nSPS) is 16.6. The Labute approximate surface area is 132 Å². The molecule has 0 saturated heterocycles. The zero-order valence-corrected chi connectivity index (χ0v) is 14.5. The number of benzene rings is 1. The van der Waals surface area contributed by atoms with Crippen LogP contribution in [0.5, 0.6) is 0 Å². The molecule has 2 rings (SSSR count). The van der Waals surface area contributed by atoms with Crippen molar-refractivity contribution in [3.8, 4) is 0 Å². The van der Waals surface area contributed by atoms with Crippen molar-refractivity contribution in [1.82, 2.24) is 10.2 Å². The Morgan fingerprint density at radius 3 is 2.75 bits per heavy atom. The largest absolute Gasteiger partial charge is 0.313 e. The smallest absolute Gasteiger partial charge is 0.0244 e. The average Bonchev–Trinajstić information content (AvgIpc) is 3.25. The number of nitrogens with zero attached hydrogens (tertiary/aromatic N) is 1. The first-order chi connectivity index (χ1) is 9.61. The molecule has 0 heterocycles. The molecule has 0 spiro atoms. The zero-order chi connectivity index (χ0) is 14.5. The predicted octanol–water partition coefficient (Wildman–Crippen LogP) is 4.18. The lowest BCUT2D eigenvalue weighted by Crippen LogP contribution is -2.30. The van der Waals surface area contributed by atoms with Gasteiger partial charge in [0, 0.05) is 23.6 Å². The summed E-state index contributed by atoms with van der Waals surface area (Å²) in [5, 5.41) is 3.45. The van der Waals surface area contributed by atoms with Gasteiger partial charge in [0.2, 0.25) is 0 Å². The van der Waals surface area contributed by atoms with Gasteiger partial charge in [-0.3, -0.25) is 4.90 Å². The molecule has 112 valence electrons. The molecule has 0 bridgehead atoms. The van der Waals surface area contributed by atoms with Crippen LogP contribution in [0.3, 0.4) is 0 Å². The van der Waals surface area contributed by atoms with Crippen LogP contribution >= 0.6 is 15.9 Å². The lowest BCUT2D eigenvalue weighted by Gasteiger charge is -2.25. The summed E-state index contributed by atoms with van der Waals surface area (Å²) in [5.41, 5.74) is 2.74. The van der Waals surface area contributed by atoms with Gasteiger partial charge >= 0.3 is 0 Å². The highest BCUT2D eigenvalue weighted by Gasteiger charge is 2.30. The predicted molar refractivity (Wildman–Crippen MR) is 89.8 cm³/mol. The summed E-state index contributed by atoms with van der Waals surface area (Å²) in [6.45, 7) is 7.63. The Bertz CT molecular complexity index is 429. The fourth-order valence-corrected chi connectivity index (χ4v) is 3.14. The molecule has 0 radical (unpaired) electrons. The molecule has 0 amide bonds. The molecule has 1 aromatic carbocycles. The van der Waals surface area contributed by atoms with Crippen molar-refractivity contribution in [1.29, 1.82) is 0 Å². The molecular weight excluding hydrogens is 312 g/mol. The maximum Gasteiger partial charge on any atom is 0.0244 e. The molecule has 20 heavy (non-hydrogen) atoms. The summed E-state index contributed by atoms with van der Waals surface area (Å²) < 4.78 is 1.24. The van der Waals surface area contributed by atoms with Crippen molar-refractivity contribution < 1.29 is 0 Å². The van der Waals surface area contributed by atoms with Crippen LogP contribution in [-0.2, 0) is 13.1 Å². The average molecular weight is 339 g/mol. The molecule has 1 aromatic rings. The van der Waals surface area contributed by atoms with E-state index < -0.39 is 0 Å². The Hall–Kier alpha value is -0.380. The van der Waals surface area contributed by atoms with Gasteiger partial charge in [0.25, 0.3) is 0 Å². The van der Waals surface area contributed by atoms with Crippen LogP contribution in [0, 0.1) is 5.92 Å². The third kappa shape index (κ3) is 4.57. The van der Waals surface area contributed by atoms with E-state index >= 15 is 0 Å². The monoisotopic (exact) mass is 338 g/mol. The number of hydrogen-bond acceptors (Lipinski definition) is 2. The quantitative estimate of drug-likeness (QED) is 0.715. The van der Waals surface area contributed by atoms with Crippen molar-refractivity contribution in [3.63, 3.8) is 0 Å². The van der Waals surface area contributed by atoms with Gasteiger partial charge in [0.05, 0.1) is 0 Å². The highest BCUT2D eigenvalue weighted by atomic mass is 79.9. The van der Waals surface area contributed by atoms with Gasteiger partial charge in [0.1, 0.15) is 0 Å². The first-order valence-electron chi connectivity index (χ1n) is 7.80. The van der Waals surface area contributed by atoms with Crippen molar-refractivity contribution >= 4 is 15.9 Å². The van der Waals surface area contributed by atoms with Gasteiger partial charge in [-0.2, -0.15) is 0 Å². The SMILES string of the molecule is CCCNCc1ccc(CN(C)C(C)C2CC2)c(Br)c1. The van der Waals surface area contributed by atoms with Gasteiger partial charge in [-0.05, 0) is 62.9 Å². The zero-order valence-electron chi connectivity index (χ0n) is 13.0. The lowest BCUT2D eigenvalue weighted by atomic mass is 10.1. The molecule has 1 aliphatic rings. The Morgan fingerprint density at radius 2 is 2.15 bits per heavy atom. The van der Waals surface area contributed by atoms with Gasteiger partial charge in [-0.25, -0.2) is 0 Å². The third-order valence-corrected chi connectivity index (χ3v) is 5.03. The highest BCUT2D eigenvalue weighted by Crippen LogP contribution is 2.35. The van der Waals surface area contributed by atoms with E-state index in [-0.39, 0.29) is 0 Å². The fourth-order valence-electron chi connectivity index (χ4n) is 2.59. The van der Waals surface area contributed by atoms with E-state index in [2.05, 4.69) is 65.2 Å². The minimum Gasteiger partial charge on any atom is -0.313 e. The van der Waals surface area contributed by atoms with E-state index in [0.29, 0.717) is 6.04 Å². The molecule has 0 aliphatic heterocycles. The Kier molecular flexibility index (Phi) is 6.06. The van der Waals surface area contributed by atoms with Crippen LogP contribution in [0.4, 0.5) is 0 Å². The maximum absolute atomic E-state index is 3.73. The standard InChI is InChI=1S/C17H27BrN2/c1-4-9-19-11-14-5-6-16(17(18)10-14)12-20(3)13(2)15-7-8-15/h5-6,10,13,15,19H,4,7-9,11-12H2,1-3H3. The second-order valence-corrected chi connectivity index (χ2v) is 6.95. The molecule has 1 aliphatic carbocycles. The molecule has 1 unspecified atom stereocenters. The minimum atomic E-state index is 0.702. The van der Waals surface area contributed by atoms with Crippen LogP contribution in [0.2, 0.25) is 0 Å². The lowest BCUT2D eigenvalue weighted by molar-refractivity contribution is 0.226. The molecule has 1 fully saturated rings. The molecular formula is C17H27BrN2. The Morgan fingerprint density at radius 1 is 1.40 bits per heavy atom. The summed E-state index contributed by atoms with van der Waals surface area (Å²) in [5.74, 6) is 0.927. The Balaban J connectivity index is 1.91. The number of hydrogen-bond donors (Lipinski definition) is 1. The summed E-state index contributed by atoms with van der Waals surface area (Å²) in [4.78, 5) is 2.48. The fraction of sp³-hybridized carbons (Fsp3) is 0.647. The molecule has 3 heteroatoms. The van der Waals surface area contributed by atoms with Gasteiger partial charge < -0.3 is 5.32 Å². The molecule has 0 aromatic heterocycles. The summed E-state index contributed by atoms with van der Waals surface area (Å²) >= 11 is 3.73. The highest BCUT2D eigenvalue weighted by molar-refractivity contribution is 9.10. The number of nitrogens with one attached hydrogen (secondary N) is 1. The molecule has 1 saturated carbocycles. The van der Waals surface area contributed by atoms with E-state index in [1.807, 2.05) is 0 Å². The first kappa shape index (κ1) is 16.0. The van der Waals surface area contributed by atoms with E-state index in [4.69, 9.17) is 0 Å². The van der Waals surface area contributed by atoms with Crippen LogP contribution in [-0.4, -0.2) is 24.5 Å². The summed E-state index contributed by atoms with van der Waals surface area (Å²) in [6, 6.07) is 7.47. The van der Waals surface area contributed by atoms with Crippen LogP contribution in [0.15, 0.2) is 22.7 Å². The van der Waals surface area contributed by atoms with Crippen molar-refractivity contribution in [2.45, 2.75) is 52.2 Å². The molecule has 1 N–H and O–H groups in total. The van der Waals surface area contributed by atoms with E-state index in [1.54, 1.807) is 0 Å². The molecule has 1 atom stereocenters. The maximum atomic E-state index is 3.73. The minimum absolute atomic E-state index is 0.702. The number of rotatable bonds is 8. The second-order valence-electron chi connectivity index (χ2n) is 6.10. The van der Waals surface area contributed by atoms with Crippen molar-refractivity contribution in [3.05, 3.63) is 33.8 Å². The third-order valence-electron chi connectivity index (χ3n) is 4.29. The first-order valence-corrected chi connectivity index (χ1v) is 8.59. The van der Waals surface area contributed by atoms with E-state index in [0.717, 1.165) is 25.6 Å². The molecule has 2 nitrogen and oxygen atoms in total. The van der Waals surface area contributed by atoms with Crippen molar-refractivity contribution in [2.75, 3.05) is 13.6 Å². The van der Waals surface area contributed by atoms with E-state index in [1.165, 1.54) is 34.9 Å². The van der Waals surface area contributed by atoms with Crippen molar-refractivity contribution in [2.24, 2.45) is 5.92 Å². The van der Waals surface area contributed by atoms with Gasteiger partial charge in [-0.15, -0.1) is 0 Å². The van der Waals surface area contributed by atoms with Crippen LogP contribution in [0.25, 0.3) is 0 Å². The topological polar surface area (TPSA) is 15.3 Å². The number of halogens is 1. The van der Waals surface area contributed by atoms with Crippen LogP contribution in [0.1, 0.15) is 44.2 Å². The van der Waals surface area contributed by atoms with Crippen LogP contribution < -0.4 is 5.32 Å². The van der Waals surface area contributed by atoms with Gasteiger partial charge in [0.15, 0.2) is 0 Å². The summed E-state index contributed by atoms with van der Waals surface area (Å²) in [7, 11) is 2.24. The summed E-state index contributed by atoms with van der Waals surface area (Å²) in [6.07, 6.45) is 4.01. The second kappa shape index (κ2) is 7.58. The van der Waals surface area contributed by atoms with Gasteiger partial charge in [-0.1, -0.05) is 35.0 Å². The van der Waals surface area contributed by atoms with E-state index in [9.17, 15) is 0 Å².